The first-order valence-corrected chi connectivity index (χ1v) is 5.90. The molecule has 2 N–H and O–H groups in total. The fourth-order valence-corrected chi connectivity index (χ4v) is 2.07. The maximum absolute atomic E-state index is 11.1. The van der Waals surface area contributed by atoms with Crippen LogP contribution in [0, 0.1) is 17.0 Å². The van der Waals surface area contributed by atoms with E-state index in [2.05, 4.69) is 9.97 Å². The smallest absolute Gasteiger partial charge is 0.316 e. The lowest BCUT2D eigenvalue weighted by Crippen LogP contribution is -2.05. The number of halogens is 2. The van der Waals surface area contributed by atoms with Gasteiger partial charge in [0.15, 0.2) is 5.69 Å². The molecule has 0 atom stereocenters. The van der Waals surface area contributed by atoms with Crippen LogP contribution >= 0.6 is 23.2 Å². The van der Waals surface area contributed by atoms with Gasteiger partial charge in [0.25, 0.3) is 0 Å². The standard InChI is InChI=1S/C11H8Cl2N4O2/c1-5-10(17(18)19)9(16-11(14)15-5)6-3-2-4-7(12)8(6)13/h2-4H,1H3,(H2,14,15,16). The van der Waals surface area contributed by atoms with Crippen molar-refractivity contribution < 1.29 is 4.92 Å². The highest BCUT2D eigenvalue weighted by Gasteiger charge is 2.24. The maximum atomic E-state index is 11.1. The molecule has 2 aromatic rings. The molecule has 6 nitrogen and oxygen atoms in total. The van der Waals surface area contributed by atoms with Gasteiger partial charge in [-0.2, -0.15) is 0 Å². The topological polar surface area (TPSA) is 94.9 Å². The number of nitro groups is 1. The van der Waals surface area contributed by atoms with Crippen LogP contribution in [0.5, 0.6) is 0 Å². The van der Waals surface area contributed by atoms with Crippen molar-refractivity contribution in [3.8, 4) is 11.3 Å². The third-order valence-electron chi connectivity index (χ3n) is 2.46. The van der Waals surface area contributed by atoms with Gasteiger partial charge in [-0.05, 0) is 13.0 Å². The third-order valence-corrected chi connectivity index (χ3v) is 3.28. The molecule has 19 heavy (non-hydrogen) atoms. The van der Waals surface area contributed by atoms with Gasteiger partial charge in [0.05, 0.1) is 15.0 Å². The minimum atomic E-state index is -0.568. The number of aromatic nitrogens is 2. The second-order valence-electron chi connectivity index (χ2n) is 3.72. The van der Waals surface area contributed by atoms with Crippen LogP contribution in [0.4, 0.5) is 11.6 Å². The van der Waals surface area contributed by atoms with Crippen molar-refractivity contribution in [1.82, 2.24) is 9.97 Å². The predicted molar refractivity (Wildman–Crippen MR) is 73.3 cm³/mol. The largest absolute Gasteiger partial charge is 0.368 e. The molecule has 0 aliphatic rings. The normalized spacial score (nSPS) is 10.5. The summed E-state index contributed by atoms with van der Waals surface area (Å²) in [6, 6.07) is 4.79. The number of nitrogens with two attached hydrogens (primary N) is 1. The lowest BCUT2D eigenvalue weighted by Gasteiger charge is -2.08. The molecule has 0 bridgehead atoms. The molecule has 1 heterocycles. The predicted octanol–water partition coefficient (Wildman–Crippen LogP) is 3.25. The Balaban J connectivity index is 2.81. The summed E-state index contributed by atoms with van der Waals surface area (Å²) >= 11 is 12.0. The highest BCUT2D eigenvalue weighted by molar-refractivity contribution is 6.43. The Labute approximate surface area is 118 Å². The summed E-state index contributed by atoms with van der Waals surface area (Å²) in [7, 11) is 0. The first kappa shape index (κ1) is 13.5. The zero-order valence-electron chi connectivity index (χ0n) is 9.72. The summed E-state index contributed by atoms with van der Waals surface area (Å²) in [5, 5.41) is 11.6. The van der Waals surface area contributed by atoms with Gasteiger partial charge >= 0.3 is 5.69 Å². The molecule has 2 rings (SSSR count). The first-order valence-electron chi connectivity index (χ1n) is 5.14. The maximum Gasteiger partial charge on any atom is 0.316 e. The molecular weight excluding hydrogens is 291 g/mol. The molecule has 8 heteroatoms. The van der Waals surface area contributed by atoms with E-state index in [-0.39, 0.29) is 33.1 Å². The van der Waals surface area contributed by atoms with Gasteiger partial charge in [-0.3, -0.25) is 10.1 Å². The van der Waals surface area contributed by atoms with Crippen molar-refractivity contribution in [3.05, 3.63) is 44.1 Å². The summed E-state index contributed by atoms with van der Waals surface area (Å²) in [4.78, 5) is 18.3. The van der Waals surface area contributed by atoms with Crippen molar-refractivity contribution in [2.75, 3.05) is 5.73 Å². The molecule has 0 radical (unpaired) electrons. The number of nitrogen functional groups attached to an aromatic ring is 1. The Morgan fingerprint density at radius 3 is 2.63 bits per heavy atom. The summed E-state index contributed by atoms with van der Waals surface area (Å²) in [5.41, 5.74) is 5.87. The summed E-state index contributed by atoms with van der Waals surface area (Å²) < 4.78 is 0. The molecule has 0 amide bonds. The van der Waals surface area contributed by atoms with E-state index in [0.29, 0.717) is 5.56 Å². The molecule has 0 saturated heterocycles. The van der Waals surface area contributed by atoms with E-state index in [1.807, 2.05) is 0 Å². The van der Waals surface area contributed by atoms with Crippen LogP contribution in [0.2, 0.25) is 10.0 Å². The van der Waals surface area contributed by atoms with Crippen LogP contribution in [0.1, 0.15) is 5.69 Å². The zero-order valence-corrected chi connectivity index (χ0v) is 11.2. The average Bonchev–Trinajstić information content (AvgIpc) is 2.31. The minimum Gasteiger partial charge on any atom is -0.368 e. The molecule has 1 aromatic carbocycles. The van der Waals surface area contributed by atoms with E-state index < -0.39 is 4.92 Å². The van der Waals surface area contributed by atoms with Gasteiger partial charge < -0.3 is 5.73 Å². The first-order chi connectivity index (χ1) is 8.91. The quantitative estimate of drug-likeness (QED) is 0.678. The van der Waals surface area contributed by atoms with E-state index in [1.165, 1.54) is 6.92 Å². The van der Waals surface area contributed by atoms with E-state index in [0.717, 1.165) is 0 Å². The fourth-order valence-electron chi connectivity index (χ4n) is 1.68. The van der Waals surface area contributed by atoms with Crippen LogP contribution in [-0.2, 0) is 0 Å². The van der Waals surface area contributed by atoms with Gasteiger partial charge in [0.2, 0.25) is 5.95 Å². The minimum absolute atomic E-state index is 0.0579. The number of benzene rings is 1. The molecule has 98 valence electrons. The second kappa shape index (κ2) is 4.99. The fraction of sp³-hybridized carbons (Fsp3) is 0.0909. The van der Waals surface area contributed by atoms with Crippen LogP contribution < -0.4 is 5.73 Å². The van der Waals surface area contributed by atoms with Crippen molar-refractivity contribution in [3.63, 3.8) is 0 Å². The number of nitrogens with zero attached hydrogens (tertiary/aromatic N) is 3. The lowest BCUT2D eigenvalue weighted by molar-refractivity contribution is -0.385. The van der Waals surface area contributed by atoms with E-state index >= 15 is 0 Å². The molecule has 0 aliphatic carbocycles. The highest BCUT2D eigenvalue weighted by Crippen LogP contribution is 2.37. The Kier molecular flexibility index (Phi) is 3.55. The Morgan fingerprint density at radius 2 is 2.00 bits per heavy atom. The van der Waals surface area contributed by atoms with E-state index in [9.17, 15) is 10.1 Å². The second-order valence-corrected chi connectivity index (χ2v) is 4.51. The molecule has 0 fully saturated rings. The molecule has 0 saturated carbocycles. The van der Waals surface area contributed by atoms with Crippen LogP contribution in [-0.4, -0.2) is 14.9 Å². The van der Waals surface area contributed by atoms with Crippen LogP contribution in [0.25, 0.3) is 11.3 Å². The SMILES string of the molecule is Cc1nc(N)nc(-c2cccc(Cl)c2Cl)c1[N+](=O)[O-]. The zero-order chi connectivity index (χ0) is 14.2. The lowest BCUT2D eigenvalue weighted by atomic mass is 10.1. The number of hydrogen-bond acceptors (Lipinski definition) is 5. The molecule has 0 spiro atoms. The Hall–Kier alpha value is -1.92. The van der Waals surface area contributed by atoms with Crippen molar-refractivity contribution in [2.45, 2.75) is 6.92 Å². The molecule has 0 unspecified atom stereocenters. The van der Waals surface area contributed by atoms with Crippen LogP contribution in [0.3, 0.4) is 0 Å². The summed E-state index contributed by atoms with van der Waals surface area (Å²) in [5.74, 6) is -0.0610. The van der Waals surface area contributed by atoms with Gasteiger partial charge in [-0.25, -0.2) is 9.97 Å². The van der Waals surface area contributed by atoms with E-state index in [1.54, 1.807) is 18.2 Å². The van der Waals surface area contributed by atoms with Crippen LogP contribution in [0.15, 0.2) is 18.2 Å². The molecule has 1 aromatic heterocycles. The van der Waals surface area contributed by atoms with Gasteiger partial charge in [0.1, 0.15) is 5.69 Å². The average molecular weight is 299 g/mol. The number of hydrogen-bond donors (Lipinski definition) is 1. The number of rotatable bonds is 2. The highest BCUT2D eigenvalue weighted by atomic mass is 35.5. The van der Waals surface area contributed by atoms with Crippen molar-refractivity contribution in [2.24, 2.45) is 0 Å². The summed E-state index contributed by atoms with van der Waals surface area (Å²) in [6.07, 6.45) is 0. The van der Waals surface area contributed by atoms with Gasteiger partial charge in [-0.1, -0.05) is 35.3 Å². The van der Waals surface area contributed by atoms with Gasteiger partial charge in [0, 0.05) is 5.56 Å². The number of anilines is 1. The van der Waals surface area contributed by atoms with Crippen molar-refractivity contribution >= 4 is 34.8 Å². The molecule has 0 aliphatic heterocycles. The molecular formula is C11H8Cl2N4O2. The summed E-state index contributed by atoms with van der Waals surface area (Å²) in [6.45, 7) is 1.48. The Bertz CT molecular complexity index is 676. The monoisotopic (exact) mass is 298 g/mol. The van der Waals surface area contributed by atoms with Gasteiger partial charge in [-0.15, -0.1) is 0 Å². The third kappa shape index (κ3) is 2.45. The number of aryl methyl sites for hydroxylation is 1. The van der Waals surface area contributed by atoms with Crippen molar-refractivity contribution in [1.29, 1.82) is 0 Å². The van der Waals surface area contributed by atoms with E-state index in [4.69, 9.17) is 28.9 Å². The Morgan fingerprint density at radius 1 is 1.32 bits per heavy atom.